The summed E-state index contributed by atoms with van der Waals surface area (Å²) in [5.74, 6) is -0.0167. The molecule has 0 spiro atoms. The normalized spacial score (nSPS) is 13.7. The van der Waals surface area contributed by atoms with E-state index in [0.29, 0.717) is 5.02 Å². The number of anilines is 1. The first-order chi connectivity index (χ1) is 8.93. The molecule has 1 amide bonds. The largest absolute Gasteiger partial charge is 0.373 e. The highest BCUT2D eigenvalue weighted by molar-refractivity contribution is 9.10. The first-order valence-electron chi connectivity index (χ1n) is 6.46. The van der Waals surface area contributed by atoms with E-state index in [1.54, 1.807) is 6.07 Å². The van der Waals surface area contributed by atoms with Crippen molar-refractivity contribution in [2.24, 2.45) is 0 Å². The number of carbonyl (C=O) groups excluding carboxylic acids is 1. The van der Waals surface area contributed by atoms with E-state index in [9.17, 15) is 4.79 Å². The van der Waals surface area contributed by atoms with Crippen molar-refractivity contribution in [1.82, 2.24) is 5.32 Å². The van der Waals surface area contributed by atoms with Gasteiger partial charge in [-0.1, -0.05) is 40.9 Å². The molecule has 0 heterocycles. The minimum absolute atomic E-state index is 0.0167. The van der Waals surface area contributed by atoms with Crippen molar-refractivity contribution in [3.8, 4) is 0 Å². The van der Waals surface area contributed by atoms with E-state index in [1.165, 1.54) is 0 Å². The standard InChI is InChI=1S/C14H20BrClN2O/c1-4-5-9(2)17-14(19)10(3)18-13-8-11(15)6-7-12(13)16/h6-10,18H,4-5H2,1-3H3,(H,17,19). The quantitative estimate of drug-likeness (QED) is 0.809. The van der Waals surface area contributed by atoms with Crippen LogP contribution >= 0.6 is 27.5 Å². The third-order valence-corrected chi connectivity index (χ3v) is 3.63. The lowest BCUT2D eigenvalue weighted by Crippen LogP contribution is -2.42. The average molecular weight is 348 g/mol. The average Bonchev–Trinajstić information content (AvgIpc) is 2.34. The molecule has 19 heavy (non-hydrogen) atoms. The molecule has 106 valence electrons. The van der Waals surface area contributed by atoms with E-state index in [1.807, 2.05) is 26.0 Å². The number of benzene rings is 1. The maximum atomic E-state index is 12.0. The molecule has 2 unspecified atom stereocenters. The molecule has 0 saturated heterocycles. The van der Waals surface area contributed by atoms with Gasteiger partial charge in [-0.25, -0.2) is 0 Å². The lowest BCUT2D eigenvalue weighted by molar-refractivity contribution is -0.122. The van der Waals surface area contributed by atoms with Crippen molar-refractivity contribution >= 4 is 39.1 Å². The van der Waals surface area contributed by atoms with Crippen LogP contribution in [0.4, 0.5) is 5.69 Å². The second-order valence-corrected chi connectivity index (χ2v) is 6.01. The van der Waals surface area contributed by atoms with Gasteiger partial charge in [-0.3, -0.25) is 4.79 Å². The Bertz CT molecular complexity index is 439. The summed E-state index contributed by atoms with van der Waals surface area (Å²) in [5, 5.41) is 6.70. The van der Waals surface area contributed by atoms with Crippen LogP contribution in [0.3, 0.4) is 0 Å². The van der Waals surface area contributed by atoms with Crippen molar-refractivity contribution in [1.29, 1.82) is 0 Å². The summed E-state index contributed by atoms with van der Waals surface area (Å²) >= 11 is 9.47. The second-order valence-electron chi connectivity index (χ2n) is 4.69. The van der Waals surface area contributed by atoms with Crippen molar-refractivity contribution in [3.05, 3.63) is 27.7 Å². The molecule has 2 atom stereocenters. The fourth-order valence-electron chi connectivity index (χ4n) is 1.78. The van der Waals surface area contributed by atoms with Crippen molar-refractivity contribution in [2.45, 2.75) is 45.7 Å². The fraction of sp³-hybridized carbons (Fsp3) is 0.500. The van der Waals surface area contributed by atoms with Gasteiger partial charge in [0.15, 0.2) is 0 Å². The highest BCUT2D eigenvalue weighted by atomic mass is 79.9. The van der Waals surface area contributed by atoms with Gasteiger partial charge in [-0.15, -0.1) is 0 Å². The molecule has 0 bridgehead atoms. The Balaban J connectivity index is 2.61. The van der Waals surface area contributed by atoms with Crippen LogP contribution in [0.2, 0.25) is 5.02 Å². The van der Waals surface area contributed by atoms with Crippen LogP contribution in [0.1, 0.15) is 33.6 Å². The van der Waals surface area contributed by atoms with Crippen LogP contribution < -0.4 is 10.6 Å². The van der Waals surface area contributed by atoms with E-state index in [0.717, 1.165) is 23.0 Å². The maximum Gasteiger partial charge on any atom is 0.242 e. The summed E-state index contributed by atoms with van der Waals surface area (Å²) in [6.45, 7) is 5.94. The van der Waals surface area contributed by atoms with Gasteiger partial charge in [0.1, 0.15) is 6.04 Å². The van der Waals surface area contributed by atoms with Gasteiger partial charge < -0.3 is 10.6 Å². The monoisotopic (exact) mass is 346 g/mol. The zero-order valence-electron chi connectivity index (χ0n) is 11.5. The number of hydrogen-bond acceptors (Lipinski definition) is 2. The van der Waals surface area contributed by atoms with Crippen LogP contribution in [0, 0.1) is 0 Å². The van der Waals surface area contributed by atoms with Gasteiger partial charge in [0.2, 0.25) is 5.91 Å². The minimum atomic E-state index is -0.328. The van der Waals surface area contributed by atoms with E-state index in [4.69, 9.17) is 11.6 Å². The first kappa shape index (κ1) is 16.3. The summed E-state index contributed by atoms with van der Waals surface area (Å²) in [6.07, 6.45) is 2.04. The molecular formula is C14H20BrClN2O. The number of rotatable bonds is 6. The Kier molecular flexibility index (Phi) is 6.66. The second kappa shape index (κ2) is 7.75. The summed E-state index contributed by atoms with van der Waals surface area (Å²) in [7, 11) is 0. The molecule has 0 aliphatic heterocycles. The molecule has 2 N–H and O–H groups in total. The maximum absolute atomic E-state index is 12.0. The topological polar surface area (TPSA) is 41.1 Å². The zero-order valence-corrected chi connectivity index (χ0v) is 13.8. The number of carbonyl (C=O) groups is 1. The Hall–Kier alpha value is -0.740. The van der Waals surface area contributed by atoms with E-state index >= 15 is 0 Å². The van der Waals surface area contributed by atoms with Crippen LogP contribution in [-0.4, -0.2) is 18.0 Å². The molecule has 0 radical (unpaired) electrons. The molecule has 5 heteroatoms. The van der Waals surface area contributed by atoms with Crippen molar-refractivity contribution in [2.75, 3.05) is 5.32 Å². The van der Waals surface area contributed by atoms with E-state index < -0.39 is 0 Å². The molecule has 0 saturated carbocycles. The van der Waals surface area contributed by atoms with Crippen LogP contribution in [0.5, 0.6) is 0 Å². The van der Waals surface area contributed by atoms with Gasteiger partial charge >= 0.3 is 0 Å². The van der Waals surface area contributed by atoms with Gasteiger partial charge in [0.25, 0.3) is 0 Å². The molecular weight excluding hydrogens is 328 g/mol. The van der Waals surface area contributed by atoms with Crippen LogP contribution in [-0.2, 0) is 4.79 Å². The van der Waals surface area contributed by atoms with E-state index in [2.05, 4.69) is 33.5 Å². The van der Waals surface area contributed by atoms with Crippen LogP contribution in [0.15, 0.2) is 22.7 Å². The van der Waals surface area contributed by atoms with Crippen molar-refractivity contribution < 1.29 is 4.79 Å². The Morgan fingerprint density at radius 2 is 2.11 bits per heavy atom. The Morgan fingerprint density at radius 3 is 2.74 bits per heavy atom. The summed E-state index contributed by atoms with van der Waals surface area (Å²) < 4.78 is 0.923. The zero-order chi connectivity index (χ0) is 14.4. The third kappa shape index (κ3) is 5.41. The fourth-order valence-corrected chi connectivity index (χ4v) is 2.31. The summed E-state index contributed by atoms with van der Waals surface area (Å²) in [5.41, 5.74) is 0.752. The smallest absolute Gasteiger partial charge is 0.242 e. The lowest BCUT2D eigenvalue weighted by atomic mass is 10.2. The molecule has 0 fully saturated rings. The van der Waals surface area contributed by atoms with Gasteiger partial charge in [-0.05, 0) is 38.5 Å². The summed E-state index contributed by atoms with van der Waals surface area (Å²) in [4.78, 5) is 12.0. The number of amides is 1. The number of hydrogen-bond donors (Lipinski definition) is 2. The Morgan fingerprint density at radius 1 is 1.42 bits per heavy atom. The highest BCUT2D eigenvalue weighted by Gasteiger charge is 2.15. The predicted octanol–water partition coefficient (Wildman–Crippen LogP) is 4.21. The molecule has 3 nitrogen and oxygen atoms in total. The number of halogens is 2. The Labute approximate surface area is 128 Å². The molecule has 0 aromatic heterocycles. The molecule has 1 rings (SSSR count). The lowest BCUT2D eigenvalue weighted by Gasteiger charge is -2.19. The predicted molar refractivity (Wildman–Crippen MR) is 84.7 cm³/mol. The van der Waals surface area contributed by atoms with Crippen LogP contribution in [0.25, 0.3) is 0 Å². The molecule has 1 aromatic carbocycles. The van der Waals surface area contributed by atoms with Gasteiger partial charge in [0.05, 0.1) is 10.7 Å². The van der Waals surface area contributed by atoms with Gasteiger partial charge in [-0.2, -0.15) is 0 Å². The molecule has 1 aromatic rings. The molecule has 0 aliphatic carbocycles. The van der Waals surface area contributed by atoms with E-state index in [-0.39, 0.29) is 18.0 Å². The summed E-state index contributed by atoms with van der Waals surface area (Å²) in [6, 6.07) is 5.38. The van der Waals surface area contributed by atoms with Gasteiger partial charge in [0, 0.05) is 10.5 Å². The SMILES string of the molecule is CCCC(C)NC(=O)C(C)Nc1cc(Br)ccc1Cl. The third-order valence-electron chi connectivity index (χ3n) is 2.80. The molecule has 0 aliphatic rings. The highest BCUT2D eigenvalue weighted by Crippen LogP contribution is 2.26. The first-order valence-corrected chi connectivity index (χ1v) is 7.63. The van der Waals surface area contributed by atoms with Crippen molar-refractivity contribution in [3.63, 3.8) is 0 Å². The minimum Gasteiger partial charge on any atom is -0.373 e. The number of nitrogens with one attached hydrogen (secondary N) is 2.